The van der Waals surface area contributed by atoms with Gasteiger partial charge in [-0.1, -0.05) is 12.1 Å². The molecule has 1 atom stereocenters. The molecule has 0 saturated carbocycles. The summed E-state index contributed by atoms with van der Waals surface area (Å²) in [6.45, 7) is 6.27. The molecule has 3 heterocycles. The number of benzene rings is 1. The molecule has 5 heteroatoms. The molecular formula is C23H27N3OS. The number of likely N-dealkylation sites (tertiary alicyclic amines) is 1. The van der Waals surface area contributed by atoms with Gasteiger partial charge in [0, 0.05) is 23.3 Å². The van der Waals surface area contributed by atoms with Gasteiger partial charge in [-0.3, -0.25) is 9.88 Å². The number of rotatable bonds is 6. The molecule has 0 bridgehead atoms. The van der Waals surface area contributed by atoms with Crippen molar-refractivity contribution in [2.45, 2.75) is 45.7 Å². The Balaban J connectivity index is 1.55. The molecule has 1 saturated heterocycles. The Bertz CT molecular complexity index is 953. The van der Waals surface area contributed by atoms with Gasteiger partial charge in [-0.25, -0.2) is 4.98 Å². The van der Waals surface area contributed by atoms with Gasteiger partial charge in [0.05, 0.1) is 23.9 Å². The standard InChI is InChI=1S/C23H27N3OS/c1-16-10-19(11-18-6-4-7-20(12-18)27-3)13-22(25-16)23-8-5-9-26(23)15-21-14-24-17(2)28-21/h4,6-7,10,12-14,23H,5,8-9,11,15H2,1-3H3. The van der Waals surface area contributed by atoms with Crippen LogP contribution >= 0.6 is 11.3 Å². The minimum atomic E-state index is 0.395. The van der Waals surface area contributed by atoms with Gasteiger partial charge in [0.2, 0.25) is 0 Å². The van der Waals surface area contributed by atoms with Crippen molar-refractivity contribution in [1.29, 1.82) is 0 Å². The van der Waals surface area contributed by atoms with Gasteiger partial charge >= 0.3 is 0 Å². The van der Waals surface area contributed by atoms with E-state index in [1.54, 1.807) is 18.4 Å². The van der Waals surface area contributed by atoms with Crippen molar-refractivity contribution in [1.82, 2.24) is 14.9 Å². The normalized spacial score (nSPS) is 17.2. The zero-order valence-electron chi connectivity index (χ0n) is 16.8. The number of aromatic nitrogens is 2. The molecule has 1 fully saturated rings. The van der Waals surface area contributed by atoms with E-state index < -0.39 is 0 Å². The topological polar surface area (TPSA) is 38.2 Å². The third-order valence-corrected chi connectivity index (χ3v) is 6.21. The van der Waals surface area contributed by atoms with Gasteiger partial charge in [-0.05, 0) is 75.0 Å². The van der Waals surface area contributed by atoms with E-state index >= 15 is 0 Å². The summed E-state index contributed by atoms with van der Waals surface area (Å²) < 4.78 is 5.37. The molecule has 0 N–H and O–H groups in total. The lowest BCUT2D eigenvalue weighted by Gasteiger charge is -2.24. The van der Waals surface area contributed by atoms with Gasteiger partial charge in [0.15, 0.2) is 0 Å². The molecule has 4 rings (SSSR count). The maximum absolute atomic E-state index is 5.37. The lowest BCUT2D eigenvalue weighted by atomic mass is 10.0. The third kappa shape index (κ3) is 4.42. The highest BCUT2D eigenvalue weighted by Gasteiger charge is 2.28. The monoisotopic (exact) mass is 393 g/mol. The number of hydrogen-bond donors (Lipinski definition) is 0. The fourth-order valence-electron chi connectivity index (χ4n) is 4.09. The molecule has 4 nitrogen and oxygen atoms in total. The lowest BCUT2D eigenvalue weighted by molar-refractivity contribution is 0.246. The predicted octanol–water partition coefficient (Wildman–Crippen LogP) is 5.09. The van der Waals surface area contributed by atoms with Crippen LogP contribution < -0.4 is 4.74 Å². The Labute approximate surface area is 171 Å². The summed E-state index contributed by atoms with van der Waals surface area (Å²) in [5.41, 5.74) is 4.88. The minimum Gasteiger partial charge on any atom is -0.497 e. The Morgan fingerprint density at radius 2 is 2.07 bits per heavy atom. The number of pyridine rings is 1. The predicted molar refractivity (Wildman–Crippen MR) is 114 cm³/mol. The number of ether oxygens (including phenoxy) is 1. The van der Waals surface area contributed by atoms with Crippen molar-refractivity contribution in [2.75, 3.05) is 13.7 Å². The molecule has 2 aromatic heterocycles. The first kappa shape index (κ1) is 19.1. The summed E-state index contributed by atoms with van der Waals surface area (Å²) in [5.74, 6) is 0.908. The largest absolute Gasteiger partial charge is 0.497 e. The van der Waals surface area contributed by atoms with E-state index in [9.17, 15) is 0 Å². The molecule has 1 unspecified atom stereocenters. The van der Waals surface area contributed by atoms with E-state index in [1.165, 1.54) is 34.5 Å². The first-order chi connectivity index (χ1) is 13.6. The Morgan fingerprint density at radius 1 is 1.18 bits per heavy atom. The summed E-state index contributed by atoms with van der Waals surface area (Å²) >= 11 is 1.80. The molecule has 0 amide bonds. The number of nitrogens with zero attached hydrogens (tertiary/aromatic N) is 3. The smallest absolute Gasteiger partial charge is 0.119 e. The average molecular weight is 394 g/mol. The third-order valence-electron chi connectivity index (χ3n) is 5.31. The van der Waals surface area contributed by atoms with Crippen LogP contribution in [0, 0.1) is 13.8 Å². The quantitative estimate of drug-likeness (QED) is 0.585. The first-order valence-electron chi connectivity index (χ1n) is 9.86. The van der Waals surface area contributed by atoms with E-state index in [1.807, 2.05) is 12.3 Å². The lowest BCUT2D eigenvalue weighted by Crippen LogP contribution is -2.23. The maximum atomic E-state index is 5.37. The van der Waals surface area contributed by atoms with Crippen molar-refractivity contribution in [3.05, 3.63) is 75.0 Å². The van der Waals surface area contributed by atoms with Crippen LogP contribution in [0.3, 0.4) is 0 Å². The van der Waals surface area contributed by atoms with Crippen LogP contribution in [0.15, 0.2) is 42.6 Å². The number of methoxy groups -OCH3 is 1. The van der Waals surface area contributed by atoms with Gasteiger partial charge in [-0.15, -0.1) is 11.3 Å². The van der Waals surface area contributed by atoms with Crippen molar-refractivity contribution >= 4 is 11.3 Å². The van der Waals surface area contributed by atoms with E-state index in [-0.39, 0.29) is 0 Å². The van der Waals surface area contributed by atoms with Crippen LogP contribution in [-0.4, -0.2) is 28.5 Å². The van der Waals surface area contributed by atoms with Crippen LogP contribution in [0.1, 0.15) is 51.3 Å². The van der Waals surface area contributed by atoms with Crippen molar-refractivity contribution in [2.24, 2.45) is 0 Å². The second kappa shape index (κ2) is 8.41. The molecule has 3 aromatic rings. The molecule has 0 aliphatic carbocycles. The zero-order valence-corrected chi connectivity index (χ0v) is 17.6. The second-order valence-corrected chi connectivity index (χ2v) is 8.86. The van der Waals surface area contributed by atoms with Crippen LogP contribution in [0.4, 0.5) is 0 Å². The Morgan fingerprint density at radius 3 is 2.86 bits per heavy atom. The summed E-state index contributed by atoms with van der Waals surface area (Å²) in [6, 6.07) is 13.2. The van der Waals surface area contributed by atoms with E-state index in [4.69, 9.17) is 9.72 Å². The summed E-state index contributed by atoms with van der Waals surface area (Å²) in [5, 5.41) is 1.14. The molecular weight excluding hydrogens is 366 g/mol. The van der Waals surface area contributed by atoms with E-state index in [0.29, 0.717) is 6.04 Å². The fourth-order valence-corrected chi connectivity index (χ4v) is 4.91. The van der Waals surface area contributed by atoms with Gasteiger partial charge in [-0.2, -0.15) is 0 Å². The molecule has 1 aliphatic rings. The van der Waals surface area contributed by atoms with Crippen molar-refractivity contribution in [3.63, 3.8) is 0 Å². The van der Waals surface area contributed by atoms with E-state index in [2.05, 4.69) is 54.1 Å². The van der Waals surface area contributed by atoms with Gasteiger partial charge in [0.25, 0.3) is 0 Å². The summed E-state index contributed by atoms with van der Waals surface area (Å²) in [6.07, 6.45) is 5.32. The summed E-state index contributed by atoms with van der Waals surface area (Å²) in [4.78, 5) is 13.2. The first-order valence-corrected chi connectivity index (χ1v) is 10.7. The zero-order chi connectivity index (χ0) is 19.5. The van der Waals surface area contributed by atoms with Crippen molar-refractivity contribution < 1.29 is 4.74 Å². The molecule has 1 aromatic carbocycles. The average Bonchev–Trinajstić information content (AvgIpc) is 3.30. The number of thiazole rings is 1. The maximum Gasteiger partial charge on any atom is 0.119 e. The summed E-state index contributed by atoms with van der Waals surface area (Å²) in [7, 11) is 1.72. The molecule has 28 heavy (non-hydrogen) atoms. The molecule has 1 aliphatic heterocycles. The highest BCUT2D eigenvalue weighted by Crippen LogP contribution is 2.34. The van der Waals surface area contributed by atoms with Crippen LogP contribution in [0.5, 0.6) is 5.75 Å². The van der Waals surface area contributed by atoms with E-state index in [0.717, 1.165) is 36.0 Å². The van der Waals surface area contributed by atoms with Gasteiger partial charge < -0.3 is 4.74 Å². The SMILES string of the molecule is COc1cccc(Cc2cc(C)nc(C3CCCN3Cc3cnc(C)s3)c2)c1. The van der Waals surface area contributed by atoms with Crippen molar-refractivity contribution in [3.8, 4) is 5.75 Å². The van der Waals surface area contributed by atoms with Crippen LogP contribution in [0.2, 0.25) is 0 Å². The highest BCUT2D eigenvalue weighted by atomic mass is 32.1. The Hall–Kier alpha value is -2.24. The minimum absolute atomic E-state index is 0.395. The van der Waals surface area contributed by atoms with Crippen LogP contribution in [-0.2, 0) is 13.0 Å². The molecule has 0 spiro atoms. The number of aryl methyl sites for hydroxylation is 2. The second-order valence-electron chi connectivity index (χ2n) is 7.54. The fraction of sp³-hybridized carbons (Fsp3) is 0.391. The molecule has 146 valence electrons. The highest BCUT2D eigenvalue weighted by molar-refractivity contribution is 7.11. The number of hydrogen-bond acceptors (Lipinski definition) is 5. The Kier molecular flexibility index (Phi) is 5.74. The molecule has 0 radical (unpaired) electrons. The van der Waals surface area contributed by atoms with Crippen LogP contribution in [0.25, 0.3) is 0 Å². The van der Waals surface area contributed by atoms with Gasteiger partial charge in [0.1, 0.15) is 5.75 Å².